The lowest BCUT2D eigenvalue weighted by atomic mass is 10.2. The fraction of sp³-hybridized carbons (Fsp3) is 0.125. The molecular weight excluding hydrogens is 296 g/mol. The van der Waals surface area contributed by atoms with Crippen LogP contribution in [0.4, 0.5) is 5.69 Å². The van der Waals surface area contributed by atoms with Crippen LogP contribution in [0.15, 0.2) is 53.6 Å². The highest BCUT2D eigenvalue weighted by molar-refractivity contribution is 7.80. The molecule has 2 rings (SSSR count). The van der Waals surface area contributed by atoms with Gasteiger partial charge >= 0.3 is 0 Å². The average Bonchev–Trinajstić information content (AvgIpc) is 2.53. The summed E-state index contributed by atoms with van der Waals surface area (Å²) >= 11 is 5.17. The van der Waals surface area contributed by atoms with Crippen molar-refractivity contribution in [3.63, 3.8) is 0 Å². The number of hydrazone groups is 1. The molecule has 2 N–H and O–H groups in total. The Morgan fingerprint density at radius 1 is 1.05 bits per heavy atom. The van der Waals surface area contributed by atoms with Crippen molar-refractivity contribution in [3.05, 3.63) is 59.9 Å². The predicted molar refractivity (Wildman–Crippen MR) is 92.3 cm³/mol. The number of carbonyl (C=O) groups excluding carboxylic acids is 1. The van der Waals surface area contributed by atoms with Gasteiger partial charge in [0.25, 0.3) is 0 Å². The number of anilines is 1. The van der Waals surface area contributed by atoms with Crippen LogP contribution in [0.25, 0.3) is 0 Å². The molecule has 0 aliphatic heterocycles. The molecule has 0 saturated heterocycles. The van der Waals surface area contributed by atoms with E-state index in [1.807, 2.05) is 30.3 Å². The van der Waals surface area contributed by atoms with E-state index in [0.717, 1.165) is 5.69 Å². The second-order valence-corrected chi connectivity index (χ2v) is 5.00. The molecule has 1 aromatic heterocycles. The van der Waals surface area contributed by atoms with Crippen LogP contribution in [-0.4, -0.2) is 21.6 Å². The monoisotopic (exact) mass is 312 g/mol. The van der Waals surface area contributed by atoms with Crippen molar-refractivity contribution >= 4 is 34.5 Å². The third-order valence-corrected chi connectivity index (χ3v) is 3.03. The van der Waals surface area contributed by atoms with Crippen molar-refractivity contribution in [1.29, 1.82) is 0 Å². The zero-order valence-electron chi connectivity index (χ0n) is 12.3. The Morgan fingerprint density at radius 2 is 1.73 bits per heavy atom. The van der Waals surface area contributed by atoms with E-state index in [1.165, 1.54) is 6.92 Å². The van der Waals surface area contributed by atoms with Gasteiger partial charge < -0.3 is 5.32 Å². The number of nitrogens with zero attached hydrogens (tertiary/aromatic N) is 2. The zero-order valence-corrected chi connectivity index (χ0v) is 13.1. The third-order valence-electron chi connectivity index (χ3n) is 2.84. The quantitative estimate of drug-likeness (QED) is 0.393. The Hall–Kier alpha value is -2.60. The van der Waals surface area contributed by atoms with Crippen LogP contribution >= 0.6 is 12.2 Å². The summed E-state index contributed by atoms with van der Waals surface area (Å²) in [6.07, 6.45) is 0. The Kier molecular flexibility index (Phi) is 5.32. The Bertz CT molecular complexity index is 713. The SMILES string of the molecule is CC(=O)c1cccc(/C(C)=N/NC(=S)Nc2ccccc2)n1. The van der Waals surface area contributed by atoms with Gasteiger partial charge in [-0.3, -0.25) is 10.2 Å². The Labute approximate surface area is 134 Å². The number of pyridine rings is 1. The maximum absolute atomic E-state index is 11.3. The van der Waals surface area contributed by atoms with E-state index in [0.29, 0.717) is 22.2 Å². The second kappa shape index (κ2) is 7.42. The van der Waals surface area contributed by atoms with Gasteiger partial charge in [-0.2, -0.15) is 5.10 Å². The summed E-state index contributed by atoms with van der Waals surface area (Å²) in [5, 5.41) is 7.58. The number of hydrogen-bond donors (Lipinski definition) is 2. The van der Waals surface area contributed by atoms with Gasteiger partial charge in [0.15, 0.2) is 10.9 Å². The van der Waals surface area contributed by atoms with E-state index in [9.17, 15) is 4.79 Å². The van der Waals surface area contributed by atoms with Gasteiger partial charge in [0.05, 0.1) is 11.4 Å². The number of Topliss-reactive ketones (excluding diaryl/α,β-unsaturated/α-hetero) is 1. The van der Waals surface area contributed by atoms with Gasteiger partial charge in [-0.15, -0.1) is 0 Å². The molecule has 0 spiro atoms. The molecule has 0 fully saturated rings. The first-order chi connectivity index (χ1) is 10.6. The summed E-state index contributed by atoms with van der Waals surface area (Å²) in [4.78, 5) is 15.6. The highest BCUT2D eigenvalue weighted by Gasteiger charge is 2.05. The minimum absolute atomic E-state index is 0.0797. The first kappa shape index (κ1) is 15.8. The summed E-state index contributed by atoms with van der Waals surface area (Å²) in [5.41, 5.74) is 5.32. The summed E-state index contributed by atoms with van der Waals surface area (Å²) in [7, 11) is 0. The largest absolute Gasteiger partial charge is 0.331 e. The molecule has 0 aliphatic rings. The van der Waals surface area contributed by atoms with Gasteiger partial charge in [-0.25, -0.2) is 4.98 Å². The summed E-state index contributed by atoms with van der Waals surface area (Å²) in [6.45, 7) is 3.28. The number of hydrogen-bond acceptors (Lipinski definition) is 4. The van der Waals surface area contributed by atoms with Crippen molar-refractivity contribution in [2.24, 2.45) is 5.10 Å². The maximum atomic E-state index is 11.3. The zero-order chi connectivity index (χ0) is 15.9. The molecule has 6 heteroatoms. The lowest BCUT2D eigenvalue weighted by Gasteiger charge is -2.08. The molecule has 0 amide bonds. The van der Waals surface area contributed by atoms with E-state index in [4.69, 9.17) is 12.2 Å². The van der Waals surface area contributed by atoms with Gasteiger partial charge in [0.1, 0.15) is 5.69 Å². The summed E-state index contributed by atoms with van der Waals surface area (Å²) < 4.78 is 0. The van der Waals surface area contributed by atoms with E-state index >= 15 is 0 Å². The smallest absolute Gasteiger partial charge is 0.191 e. The van der Waals surface area contributed by atoms with Gasteiger partial charge in [-0.1, -0.05) is 24.3 Å². The van der Waals surface area contributed by atoms with Crippen LogP contribution in [-0.2, 0) is 0 Å². The molecule has 0 saturated carbocycles. The van der Waals surface area contributed by atoms with Crippen molar-refractivity contribution in [2.75, 3.05) is 5.32 Å². The number of thiocarbonyl (C=S) groups is 1. The number of para-hydroxylation sites is 1. The second-order valence-electron chi connectivity index (χ2n) is 4.59. The van der Waals surface area contributed by atoms with Crippen LogP contribution in [0.5, 0.6) is 0 Å². The van der Waals surface area contributed by atoms with E-state index < -0.39 is 0 Å². The number of carbonyl (C=O) groups is 1. The van der Waals surface area contributed by atoms with Gasteiger partial charge in [0.2, 0.25) is 0 Å². The van der Waals surface area contributed by atoms with Crippen molar-refractivity contribution in [2.45, 2.75) is 13.8 Å². The molecule has 112 valence electrons. The van der Waals surface area contributed by atoms with Crippen molar-refractivity contribution in [1.82, 2.24) is 10.4 Å². The first-order valence-electron chi connectivity index (χ1n) is 6.71. The predicted octanol–water partition coefficient (Wildman–Crippen LogP) is 2.99. The highest BCUT2D eigenvalue weighted by atomic mass is 32.1. The third kappa shape index (κ3) is 4.46. The van der Waals surface area contributed by atoms with Gasteiger partial charge in [0, 0.05) is 12.6 Å². The summed E-state index contributed by atoms with van der Waals surface area (Å²) in [5.74, 6) is -0.0797. The normalized spacial score (nSPS) is 10.9. The fourth-order valence-electron chi connectivity index (χ4n) is 1.70. The Balaban J connectivity index is 2.02. The highest BCUT2D eigenvalue weighted by Crippen LogP contribution is 2.05. The number of rotatable bonds is 4. The topological polar surface area (TPSA) is 66.4 Å². The molecule has 1 heterocycles. The Morgan fingerprint density at radius 3 is 2.41 bits per heavy atom. The molecule has 0 bridgehead atoms. The lowest BCUT2D eigenvalue weighted by Crippen LogP contribution is -2.25. The lowest BCUT2D eigenvalue weighted by molar-refractivity contribution is 0.101. The number of benzene rings is 1. The molecular formula is C16H16N4OS. The maximum Gasteiger partial charge on any atom is 0.191 e. The van der Waals surface area contributed by atoms with Crippen molar-refractivity contribution < 1.29 is 4.79 Å². The van der Waals surface area contributed by atoms with E-state index in [-0.39, 0.29) is 5.78 Å². The molecule has 0 aliphatic carbocycles. The molecule has 5 nitrogen and oxygen atoms in total. The molecule has 0 unspecified atom stereocenters. The van der Waals surface area contributed by atoms with Crippen molar-refractivity contribution in [3.8, 4) is 0 Å². The average molecular weight is 312 g/mol. The standard InChI is InChI=1S/C16H16N4OS/c1-11(14-9-6-10-15(18-14)12(2)21)19-20-16(22)17-13-7-4-3-5-8-13/h3-10H,1-2H3,(H2,17,20,22)/b19-11+. The summed E-state index contributed by atoms with van der Waals surface area (Å²) in [6, 6.07) is 14.8. The molecule has 1 aromatic carbocycles. The minimum atomic E-state index is -0.0797. The number of aromatic nitrogens is 1. The molecule has 22 heavy (non-hydrogen) atoms. The van der Waals surface area contributed by atoms with Crippen LogP contribution in [0.2, 0.25) is 0 Å². The molecule has 0 radical (unpaired) electrons. The van der Waals surface area contributed by atoms with Crippen LogP contribution < -0.4 is 10.7 Å². The number of ketones is 1. The van der Waals surface area contributed by atoms with E-state index in [1.54, 1.807) is 25.1 Å². The fourth-order valence-corrected chi connectivity index (χ4v) is 1.87. The van der Waals surface area contributed by atoms with E-state index in [2.05, 4.69) is 20.8 Å². The first-order valence-corrected chi connectivity index (χ1v) is 7.12. The van der Waals surface area contributed by atoms with Crippen LogP contribution in [0.1, 0.15) is 30.0 Å². The number of nitrogens with one attached hydrogen (secondary N) is 2. The van der Waals surface area contributed by atoms with Gasteiger partial charge in [-0.05, 0) is 43.4 Å². The minimum Gasteiger partial charge on any atom is -0.331 e. The molecule has 2 aromatic rings. The van der Waals surface area contributed by atoms with Crippen LogP contribution in [0.3, 0.4) is 0 Å². The van der Waals surface area contributed by atoms with Crippen LogP contribution in [0, 0.1) is 0 Å². The molecule has 0 atom stereocenters.